The van der Waals surface area contributed by atoms with Crippen LogP contribution >= 0.6 is 0 Å². The number of hydrogen-bond donors (Lipinski definition) is 2. The molecule has 1 saturated carbocycles. The van der Waals surface area contributed by atoms with E-state index in [4.69, 9.17) is 5.73 Å². The summed E-state index contributed by atoms with van der Waals surface area (Å²) >= 11 is 0. The first-order valence-electron chi connectivity index (χ1n) is 9.29. The van der Waals surface area contributed by atoms with Gasteiger partial charge < -0.3 is 15.7 Å². The van der Waals surface area contributed by atoms with Crippen LogP contribution in [0.5, 0.6) is 0 Å². The van der Waals surface area contributed by atoms with E-state index in [1.165, 1.54) is 19.4 Å². The number of fused-ring (bicyclic) bond motifs is 2. The standard InChI is InChI=1S/C17H30N4O2/c18-13-9-17(10-13)15-3-1-5-19(15)7-8-21(17)12-14(22)11-20-6-2-4-16(20)23/h13-15,22H,1-12,18H2. The quantitative estimate of drug-likeness (QED) is 0.737. The van der Waals surface area contributed by atoms with Gasteiger partial charge in [-0.05, 0) is 38.6 Å². The minimum Gasteiger partial charge on any atom is -0.390 e. The average molecular weight is 322 g/mol. The lowest BCUT2D eigenvalue weighted by Crippen LogP contribution is -2.74. The summed E-state index contributed by atoms with van der Waals surface area (Å²) in [5, 5.41) is 10.6. The molecule has 0 bridgehead atoms. The SMILES string of the molecule is NC1CC2(C1)C1CCCN1CCN2CC(O)CN1CCCC1=O. The normalized spacial score (nSPS) is 39.7. The Morgan fingerprint density at radius 3 is 2.70 bits per heavy atom. The van der Waals surface area contributed by atoms with Crippen molar-refractivity contribution < 1.29 is 9.90 Å². The molecule has 4 aliphatic rings. The predicted octanol–water partition coefficient (Wildman–Crippen LogP) is -0.390. The minimum atomic E-state index is -0.446. The molecule has 2 unspecified atom stereocenters. The van der Waals surface area contributed by atoms with E-state index < -0.39 is 6.10 Å². The second kappa shape index (κ2) is 5.99. The molecule has 2 atom stereocenters. The highest BCUT2D eigenvalue weighted by molar-refractivity contribution is 5.78. The lowest BCUT2D eigenvalue weighted by molar-refractivity contribution is -0.130. The number of hydrogen-bond acceptors (Lipinski definition) is 5. The Labute approximate surface area is 138 Å². The van der Waals surface area contributed by atoms with Gasteiger partial charge in [0.1, 0.15) is 0 Å². The molecule has 0 aromatic heterocycles. The van der Waals surface area contributed by atoms with Crippen molar-refractivity contribution in [2.45, 2.75) is 62.3 Å². The monoisotopic (exact) mass is 322 g/mol. The molecule has 4 fully saturated rings. The van der Waals surface area contributed by atoms with Gasteiger partial charge in [0.2, 0.25) is 5.91 Å². The average Bonchev–Trinajstić information content (AvgIpc) is 3.10. The van der Waals surface area contributed by atoms with E-state index in [0.29, 0.717) is 31.6 Å². The van der Waals surface area contributed by atoms with Crippen LogP contribution in [0.3, 0.4) is 0 Å². The van der Waals surface area contributed by atoms with Gasteiger partial charge in [-0.1, -0.05) is 0 Å². The van der Waals surface area contributed by atoms with Gasteiger partial charge in [-0.15, -0.1) is 0 Å². The number of aliphatic hydroxyl groups is 1. The van der Waals surface area contributed by atoms with Crippen molar-refractivity contribution in [3.05, 3.63) is 0 Å². The topological polar surface area (TPSA) is 73.0 Å². The Hall–Kier alpha value is -0.690. The molecular formula is C17H30N4O2. The number of rotatable bonds is 4. The third kappa shape index (κ3) is 2.69. The van der Waals surface area contributed by atoms with Gasteiger partial charge >= 0.3 is 0 Å². The molecule has 130 valence electrons. The number of nitrogens with two attached hydrogens (primary N) is 1. The Balaban J connectivity index is 1.41. The number of carbonyl (C=O) groups excluding carboxylic acids is 1. The van der Waals surface area contributed by atoms with Gasteiger partial charge in [-0.2, -0.15) is 0 Å². The van der Waals surface area contributed by atoms with E-state index in [-0.39, 0.29) is 11.4 Å². The summed E-state index contributed by atoms with van der Waals surface area (Å²) in [4.78, 5) is 18.7. The molecule has 3 N–H and O–H groups in total. The van der Waals surface area contributed by atoms with Gasteiger partial charge in [0.25, 0.3) is 0 Å². The first-order chi connectivity index (χ1) is 11.1. The van der Waals surface area contributed by atoms with Crippen LogP contribution in [0, 0.1) is 0 Å². The summed E-state index contributed by atoms with van der Waals surface area (Å²) in [6.45, 7) is 5.33. The molecule has 3 heterocycles. The molecule has 1 spiro atoms. The Bertz CT molecular complexity index is 466. The zero-order chi connectivity index (χ0) is 16.0. The third-order valence-corrected chi connectivity index (χ3v) is 6.54. The Morgan fingerprint density at radius 1 is 1.17 bits per heavy atom. The molecule has 0 aromatic rings. The van der Waals surface area contributed by atoms with Gasteiger partial charge in [-0.3, -0.25) is 14.6 Å². The zero-order valence-electron chi connectivity index (χ0n) is 14.0. The van der Waals surface area contributed by atoms with Crippen molar-refractivity contribution in [1.82, 2.24) is 14.7 Å². The zero-order valence-corrected chi connectivity index (χ0v) is 14.0. The summed E-state index contributed by atoms with van der Waals surface area (Å²) in [7, 11) is 0. The number of nitrogens with zero attached hydrogens (tertiary/aromatic N) is 3. The molecule has 23 heavy (non-hydrogen) atoms. The maximum Gasteiger partial charge on any atom is 0.222 e. The molecule has 4 rings (SSSR count). The number of piperazine rings is 1. The number of amides is 1. The second-order valence-corrected chi connectivity index (χ2v) is 8.01. The predicted molar refractivity (Wildman–Crippen MR) is 87.9 cm³/mol. The number of carbonyl (C=O) groups is 1. The third-order valence-electron chi connectivity index (χ3n) is 6.54. The van der Waals surface area contributed by atoms with E-state index in [0.717, 1.165) is 38.9 Å². The van der Waals surface area contributed by atoms with E-state index >= 15 is 0 Å². The first-order valence-corrected chi connectivity index (χ1v) is 9.29. The first kappa shape index (κ1) is 15.8. The molecule has 3 saturated heterocycles. The lowest BCUT2D eigenvalue weighted by atomic mass is 9.65. The van der Waals surface area contributed by atoms with Crippen molar-refractivity contribution >= 4 is 5.91 Å². The summed E-state index contributed by atoms with van der Waals surface area (Å²) in [6.07, 6.45) is 5.81. The lowest BCUT2D eigenvalue weighted by Gasteiger charge is -2.62. The number of aliphatic hydroxyl groups excluding tert-OH is 1. The molecule has 6 nitrogen and oxygen atoms in total. The molecule has 6 heteroatoms. The van der Waals surface area contributed by atoms with Crippen molar-refractivity contribution in [1.29, 1.82) is 0 Å². The van der Waals surface area contributed by atoms with E-state index in [1.54, 1.807) is 0 Å². The maximum atomic E-state index is 11.8. The Morgan fingerprint density at radius 2 is 2.00 bits per heavy atom. The van der Waals surface area contributed by atoms with Crippen LogP contribution in [0.15, 0.2) is 0 Å². The van der Waals surface area contributed by atoms with Crippen molar-refractivity contribution in [2.24, 2.45) is 5.73 Å². The van der Waals surface area contributed by atoms with Gasteiger partial charge in [0.15, 0.2) is 0 Å². The fourth-order valence-electron chi connectivity index (χ4n) is 5.50. The van der Waals surface area contributed by atoms with Gasteiger partial charge in [-0.25, -0.2) is 0 Å². The summed E-state index contributed by atoms with van der Waals surface area (Å²) in [5.41, 5.74) is 6.33. The number of likely N-dealkylation sites (tertiary alicyclic amines) is 1. The maximum absolute atomic E-state index is 11.8. The molecule has 0 aromatic carbocycles. The fraction of sp³-hybridized carbons (Fsp3) is 0.941. The van der Waals surface area contributed by atoms with Gasteiger partial charge in [0.05, 0.1) is 6.10 Å². The molecule has 3 aliphatic heterocycles. The summed E-state index contributed by atoms with van der Waals surface area (Å²) in [6, 6.07) is 0.937. The highest BCUT2D eigenvalue weighted by Gasteiger charge is 2.57. The van der Waals surface area contributed by atoms with Crippen molar-refractivity contribution in [3.8, 4) is 0 Å². The van der Waals surface area contributed by atoms with E-state index in [9.17, 15) is 9.90 Å². The van der Waals surface area contributed by atoms with Crippen LogP contribution < -0.4 is 5.73 Å². The van der Waals surface area contributed by atoms with E-state index in [1.807, 2.05) is 4.90 Å². The summed E-state index contributed by atoms with van der Waals surface area (Å²) in [5.74, 6) is 0.199. The van der Waals surface area contributed by atoms with Crippen LogP contribution in [0.2, 0.25) is 0 Å². The molecule has 1 amide bonds. The van der Waals surface area contributed by atoms with Crippen LogP contribution in [0.1, 0.15) is 38.5 Å². The van der Waals surface area contributed by atoms with Crippen LogP contribution in [0.25, 0.3) is 0 Å². The highest BCUT2D eigenvalue weighted by Crippen LogP contribution is 2.47. The largest absolute Gasteiger partial charge is 0.390 e. The Kier molecular flexibility index (Phi) is 4.12. The molecule has 0 radical (unpaired) electrons. The van der Waals surface area contributed by atoms with E-state index in [2.05, 4.69) is 9.80 Å². The smallest absolute Gasteiger partial charge is 0.222 e. The minimum absolute atomic E-state index is 0.185. The molecule has 1 aliphatic carbocycles. The van der Waals surface area contributed by atoms with Crippen LogP contribution in [-0.4, -0.2) is 88.7 Å². The van der Waals surface area contributed by atoms with Crippen LogP contribution in [0.4, 0.5) is 0 Å². The fourth-order valence-corrected chi connectivity index (χ4v) is 5.50. The highest BCUT2D eigenvalue weighted by atomic mass is 16.3. The van der Waals surface area contributed by atoms with Crippen molar-refractivity contribution in [2.75, 3.05) is 39.3 Å². The second-order valence-electron chi connectivity index (χ2n) is 8.01. The van der Waals surface area contributed by atoms with Crippen molar-refractivity contribution in [3.63, 3.8) is 0 Å². The van der Waals surface area contributed by atoms with Crippen LogP contribution in [-0.2, 0) is 4.79 Å². The summed E-state index contributed by atoms with van der Waals surface area (Å²) < 4.78 is 0. The molecular weight excluding hydrogens is 292 g/mol. The number of β-amino-alcohol motifs (C(OH)–C–C–N with tert-alkyl or cyclic N) is 1. The van der Waals surface area contributed by atoms with Gasteiger partial charge in [0, 0.05) is 56.8 Å².